The molecule has 4 aromatic rings. The zero-order valence-electron chi connectivity index (χ0n) is 14.8. The van der Waals surface area contributed by atoms with E-state index in [9.17, 15) is 0 Å². The number of nitrogens with zero attached hydrogens (tertiary/aromatic N) is 3. The van der Waals surface area contributed by atoms with Gasteiger partial charge in [0.25, 0.3) is 0 Å². The van der Waals surface area contributed by atoms with Crippen LogP contribution in [0.2, 0.25) is 0 Å². The summed E-state index contributed by atoms with van der Waals surface area (Å²) < 4.78 is 11.2. The van der Waals surface area contributed by atoms with E-state index in [1.54, 1.807) is 23.9 Å². The molecule has 2 aromatic heterocycles. The number of thiophene rings is 1. The van der Waals surface area contributed by atoms with Crippen molar-refractivity contribution in [1.82, 2.24) is 9.97 Å². The number of anilines is 1. The molecule has 0 amide bonds. The van der Waals surface area contributed by atoms with Crippen molar-refractivity contribution < 1.29 is 9.47 Å². The van der Waals surface area contributed by atoms with Crippen molar-refractivity contribution in [1.29, 1.82) is 0 Å². The van der Waals surface area contributed by atoms with Crippen molar-refractivity contribution in [2.75, 3.05) is 18.6 Å². The predicted molar refractivity (Wildman–Crippen MR) is 111 cm³/mol. The van der Waals surface area contributed by atoms with E-state index in [4.69, 9.17) is 9.47 Å². The minimum absolute atomic E-state index is 0.561. The highest BCUT2D eigenvalue weighted by molar-refractivity contribution is 7.17. The lowest BCUT2D eigenvalue weighted by atomic mass is 10.1. The summed E-state index contributed by atoms with van der Waals surface area (Å²) in [6.07, 6.45) is 3.29. The van der Waals surface area contributed by atoms with Crippen LogP contribution in [-0.2, 0) is 0 Å². The molecule has 2 aromatic carbocycles. The Morgan fingerprint density at radius 3 is 2.75 bits per heavy atom. The van der Waals surface area contributed by atoms with E-state index < -0.39 is 0 Å². The minimum Gasteiger partial charge on any atom is -0.486 e. The fraction of sp³-hybridized carbons (Fsp3) is 0.0952. The molecular formula is C21H16N4O2S. The third-order valence-electron chi connectivity index (χ3n) is 4.41. The number of hydrazone groups is 1. The van der Waals surface area contributed by atoms with E-state index in [-0.39, 0.29) is 0 Å². The summed E-state index contributed by atoms with van der Waals surface area (Å²) in [6, 6.07) is 16.0. The fourth-order valence-corrected chi connectivity index (χ4v) is 4.01. The van der Waals surface area contributed by atoms with Crippen molar-refractivity contribution in [2.24, 2.45) is 5.10 Å². The van der Waals surface area contributed by atoms with Crippen molar-refractivity contribution in [3.63, 3.8) is 0 Å². The Bertz CT molecular complexity index is 1160. The Hall–Kier alpha value is -3.45. The van der Waals surface area contributed by atoms with E-state index in [1.807, 2.05) is 36.4 Å². The van der Waals surface area contributed by atoms with Gasteiger partial charge in [0, 0.05) is 10.9 Å². The van der Waals surface area contributed by atoms with Gasteiger partial charge in [-0.3, -0.25) is 5.43 Å². The van der Waals surface area contributed by atoms with Gasteiger partial charge < -0.3 is 9.47 Å². The highest BCUT2D eigenvalue weighted by atomic mass is 32.1. The molecule has 28 heavy (non-hydrogen) atoms. The second-order valence-corrected chi connectivity index (χ2v) is 7.05. The van der Waals surface area contributed by atoms with Crippen molar-refractivity contribution in [2.45, 2.75) is 0 Å². The van der Waals surface area contributed by atoms with Crippen LogP contribution in [0, 0.1) is 0 Å². The van der Waals surface area contributed by atoms with Gasteiger partial charge in [-0.1, -0.05) is 30.3 Å². The van der Waals surface area contributed by atoms with Crippen LogP contribution in [0.1, 0.15) is 5.56 Å². The number of fused-ring (bicyclic) bond motifs is 2. The zero-order chi connectivity index (χ0) is 18.8. The molecule has 1 aliphatic heterocycles. The number of ether oxygens (including phenoxy) is 2. The number of benzene rings is 2. The van der Waals surface area contributed by atoms with Crippen LogP contribution in [0.3, 0.4) is 0 Å². The van der Waals surface area contributed by atoms with Gasteiger partial charge in [-0.05, 0) is 29.3 Å². The standard InChI is InChI=1S/C21H16N4O2S/c1-2-4-15(5-3-1)16-12-28-21-19(16)20(22-13-23-21)25-24-11-14-6-7-17-18(10-14)27-9-8-26-17/h1-7,10-13H,8-9H2,(H,22,23,25). The fourth-order valence-electron chi connectivity index (χ4n) is 3.10. The van der Waals surface area contributed by atoms with Crippen LogP contribution in [0.25, 0.3) is 21.3 Å². The molecule has 3 heterocycles. The molecule has 0 radical (unpaired) electrons. The summed E-state index contributed by atoms with van der Waals surface area (Å²) in [6.45, 7) is 1.14. The lowest BCUT2D eigenvalue weighted by molar-refractivity contribution is 0.171. The van der Waals surface area contributed by atoms with Crippen molar-refractivity contribution in [3.8, 4) is 22.6 Å². The molecule has 0 bridgehead atoms. The van der Waals surface area contributed by atoms with E-state index in [2.05, 4.69) is 38.0 Å². The third-order valence-corrected chi connectivity index (χ3v) is 5.29. The molecule has 7 heteroatoms. The molecule has 0 spiro atoms. The molecule has 0 saturated heterocycles. The Kier molecular flexibility index (Phi) is 4.34. The van der Waals surface area contributed by atoms with Gasteiger partial charge in [0.2, 0.25) is 0 Å². The monoisotopic (exact) mass is 388 g/mol. The zero-order valence-corrected chi connectivity index (χ0v) is 15.6. The van der Waals surface area contributed by atoms with Gasteiger partial charge in [-0.2, -0.15) is 5.10 Å². The van der Waals surface area contributed by atoms with Gasteiger partial charge in [0.05, 0.1) is 11.6 Å². The maximum Gasteiger partial charge on any atom is 0.162 e. The first-order valence-corrected chi connectivity index (χ1v) is 9.73. The van der Waals surface area contributed by atoms with Crippen LogP contribution in [0.4, 0.5) is 5.82 Å². The van der Waals surface area contributed by atoms with Crippen LogP contribution in [0.15, 0.2) is 65.3 Å². The number of hydrogen-bond acceptors (Lipinski definition) is 7. The Labute approximate surface area is 165 Å². The highest BCUT2D eigenvalue weighted by Gasteiger charge is 2.13. The summed E-state index contributed by atoms with van der Waals surface area (Å²) in [5, 5.41) is 7.44. The summed E-state index contributed by atoms with van der Waals surface area (Å²) >= 11 is 1.59. The number of hydrogen-bond donors (Lipinski definition) is 1. The van der Waals surface area contributed by atoms with Gasteiger partial charge >= 0.3 is 0 Å². The molecule has 1 N–H and O–H groups in total. The molecular weight excluding hydrogens is 372 g/mol. The molecule has 1 aliphatic rings. The first kappa shape index (κ1) is 16.7. The third kappa shape index (κ3) is 3.16. The van der Waals surface area contributed by atoms with E-state index in [0.717, 1.165) is 38.4 Å². The molecule has 0 saturated carbocycles. The van der Waals surface area contributed by atoms with Gasteiger partial charge in [0.1, 0.15) is 24.4 Å². The normalized spacial score (nSPS) is 13.1. The van der Waals surface area contributed by atoms with Crippen LogP contribution >= 0.6 is 11.3 Å². The van der Waals surface area contributed by atoms with E-state index in [0.29, 0.717) is 19.0 Å². The van der Waals surface area contributed by atoms with E-state index >= 15 is 0 Å². The van der Waals surface area contributed by atoms with Gasteiger partial charge in [-0.25, -0.2) is 9.97 Å². The Morgan fingerprint density at radius 1 is 1.00 bits per heavy atom. The van der Waals surface area contributed by atoms with Crippen LogP contribution < -0.4 is 14.9 Å². The molecule has 138 valence electrons. The maximum atomic E-state index is 5.61. The Balaban J connectivity index is 1.44. The topological polar surface area (TPSA) is 68.6 Å². The summed E-state index contributed by atoms with van der Waals surface area (Å²) in [5.41, 5.74) is 6.20. The predicted octanol–water partition coefficient (Wildman–Crippen LogP) is 4.58. The quantitative estimate of drug-likeness (QED) is 0.409. The largest absolute Gasteiger partial charge is 0.486 e. The minimum atomic E-state index is 0.561. The van der Waals surface area contributed by atoms with Gasteiger partial charge in [0.15, 0.2) is 17.3 Å². The second-order valence-electron chi connectivity index (χ2n) is 6.19. The molecule has 0 aliphatic carbocycles. The van der Waals surface area contributed by atoms with Crippen molar-refractivity contribution in [3.05, 3.63) is 65.8 Å². The Morgan fingerprint density at radius 2 is 1.86 bits per heavy atom. The number of aromatic nitrogens is 2. The van der Waals surface area contributed by atoms with Crippen molar-refractivity contribution >= 4 is 33.6 Å². The molecule has 6 nitrogen and oxygen atoms in total. The maximum absolute atomic E-state index is 5.61. The smallest absolute Gasteiger partial charge is 0.162 e. The van der Waals surface area contributed by atoms with E-state index in [1.165, 1.54) is 0 Å². The molecule has 0 unspecified atom stereocenters. The summed E-state index contributed by atoms with van der Waals surface area (Å²) in [5.74, 6) is 2.18. The molecule has 0 atom stereocenters. The number of rotatable bonds is 4. The first-order chi connectivity index (χ1) is 13.9. The van der Waals surface area contributed by atoms with Crippen LogP contribution in [-0.4, -0.2) is 29.4 Å². The lowest BCUT2D eigenvalue weighted by Crippen LogP contribution is -2.15. The SMILES string of the molecule is C(=NNc1ncnc2scc(-c3ccccc3)c12)c1ccc2c(c1)OCCO2. The second kappa shape index (κ2) is 7.28. The van der Waals surface area contributed by atoms with Crippen LogP contribution in [0.5, 0.6) is 11.5 Å². The molecule has 5 rings (SSSR count). The highest BCUT2D eigenvalue weighted by Crippen LogP contribution is 2.36. The molecule has 0 fully saturated rings. The van der Waals surface area contributed by atoms with Gasteiger partial charge in [-0.15, -0.1) is 11.3 Å². The lowest BCUT2D eigenvalue weighted by Gasteiger charge is -2.18. The summed E-state index contributed by atoms with van der Waals surface area (Å²) in [7, 11) is 0. The number of nitrogens with one attached hydrogen (secondary N) is 1. The summed E-state index contributed by atoms with van der Waals surface area (Å²) in [4.78, 5) is 9.70. The average molecular weight is 388 g/mol. The average Bonchev–Trinajstić information content (AvgIpc) is 3.19. The first-order valence-electron chi connectivity index (χ1n) is 8.85.